The first-order valence-corrected chi connectivity index (χ1v) is 5.57. The van der Waals surface area contributed by atoms with Crippen molar-refractivity contribution in [1.29, 1.82) is 0 Å². The fraction of sp³-hybridized carbons (Fsp3) is 1.00. The molecular formula is C11H26N2O. The van der Waals surface area contributed by atoms with Gasteiger partial charge in [-0.05, 0) is 30.8 Å². The largest absolute Gasteiger partial charge is 0.395 e. The molecule has 3 heteroatoms. The van der Waals surface area contributed by atoms with E-state index in [0.29, 0.717) is 24.3 Å². The molecule has 0 aromatic carbocycles. The number of nitrogens with one attached hydrogen (secondary N) is 1. The highest BCUT2D eigenvalue weighted by Crippen LogP contribution is 2.09. The molecule has 2 unspecified atom stereocenters. The van der Waals surface area contributed by atoms with E-state index in [2.05, 4.69) is 33.0 Å². The monoisotopic (exact) mass is 202 g/mol. The van der Waals surface area contributed by atoms with E-state index >= 15 is 0 Å². The first-order chi connectivity index (χ1) is 6.52. The Hall–Kier alpha value is -0.120. The molecule has 3 nitrogen and oxygen atoms in total. The van der Waals surface area contributed by atoms with Crippen LogP contribution in [-0.4, -0.2) is 30.8 Å². The molecule has 0 aromatic heterocycles. The summed E-state index contributed by atoms with van der Waals surface area (Å²) in [6.07, 6.45) is 0. The van der Waals surface area contributed by atoms with Crippen LogP contribution in [0.4, 0.5) is 0 Å². The van der Waals surface area contributed by atoms with E-state index in [1.807, 2.05) is 0 Å². The molecule has 0 rings (SSSR count). The van der Waals surface area contributed by atoms with Gasteiger partial charge < -0.3 is 16.2 Å². The van der Waals surface area contributed by atoms with Gasteiger partial charge >= 0.3 is 0 Å². The van der Waals surface area contributed by atoms with E-state index in [1.165, 1.54) is 0 Å². The summed E-state index contributed by atoms with van der Waals surface area (Å²) < 4.78 is 0. The Balaban J connectivity index is 3.88. The highest BCUT2D eigenvalue weighted by atomic mass is 16.3. The predicted molar refractivity (Wildman–Crippen MR) is 61.1 cm³/mol. The average Bonchev–Trinajstić information content (AvgIpc) is 2.11. The van der Waals surface area contributed by atoms with Crippen LogP contribution in [0.3, 0.4) is 0 Å². The SMILES string of the molecule is CC(C)C(CN)CNC(CO)C(C)C. The minimum Gasteiger partial charge on any atom is -0.395 e. The highest BCUT2D eigenvalue weighted by molar-refractivity contribution is 4.73. The Labute approximate surface area is 88.1 Å². The molecule has 0 saturated carbocycles. The van der Waals surface area contributed by atoms with E-state index < -0.39 is 0 Å². The van der Waals surface area contributed by atoms with Crippen LogP contribution in [0, 0.1) is 17.8 Å². The van der Waals surface area contributed by atoms with Crippen molar-refractivity contribution >= 4 is 0 Å². The molecule has 0 aromatic rings. The van der Waals surface area contributed by atoms with Crippen molar-refractivity contribution in [2.75, 3.05) is 19.7 Å². The van der Waals surface area contributed by atoms with Crippen LogP contribution < -0.4 is 11.1 Å². The third-order valence-corrected chi connectivity index (χ3v) is 2.89. The van der Waals surface area contributed by atoms with Gasteiger partial charge in [-0.3, -0.25) is 0 Å². The van der Waals surface area contributed by atoms with E-state index in [-0.39, 0.29) is 12.6 Å². The summed E-state index contributed by atoms with van der Waals surface area (Å²) >= 11 is 0. The topological polar surface area (TPSA) is 58.3 Å². The van der Waals surface area contributed by atoms with Crippen molar-refractivity contribution < 1.29 is 5.11 Å². The summed E-state index contributed by atoms with van der Waals surface area (Å²) in [6.45, 7) is 10.4. The molecule has 0 amide bonds. The third-order valence-electron chi connectivity index (χ3n) is 2.89. The van der Waals surface area contributed by atoms with Crippen molar-refractivity contribution in [3.63, 3.8) is 0 Å². The summed E-state index contributed by atoms with van der Waals surface area (Å²) in [5.41, 5.74) is 5.67. The zero-order valence-electron chi connectivity index (χ0n) is 9.96. The lowest BCUT2D eigenvalue weighted by molar-refractivity contribution is 0.200. The van der Waals surface area contributed by atoms with Gasteiger partial charge in [0.25, 0.3) is 0 Å². The van der Waals surface area contributed by atoms with Crippen molar-refractivity contribution in [3.8, 4) is 0 Å². The second-order valence-corrected chi connectivity index (χ2v) is 4.68. The molecule has 0 heterocycles. The zero-order chi connectivity index (χ0) is 11.1. The number of aliphatic hydroxyl groups is 1. The molecule has 0 aliphatic heterocycles. The average molecular weight is 202 g/mol. The van der Waals surface area contributed by atoms with Gasteiger partial charge in [0.2, 0.25) is 0 Å². The van der Waals surface area contributed by atoms with Crippen molar-refractivity contribution in [2.24, 2.45) is 23.5 Å². The molecular weight excluding hydrogens is 176 g/mol. The van der Waals surface area contributed by atoms with E-state index in [4.69, 9.17) is 10.8 Å². The summed E-state index contributed by atoms with van der Waals surface area (Å²) in [4.78, 5) is 0. The van der Waals surface area contributed by atoms with E-state index in [1.54, 1.807) is 0 Å². The van der Waals surface area contributed by atoms with Crippen LogP contribution in [0.1, 0.15) is 27.7 Å². The van der Waals surface area contributed by atoms with Gasteiger partial charge in [0.1, 0.15) is 0 Å². The van der Waals surface area contributed by atoms with Crippen LogP contribution in [0.2, 0.25) is 0 Å². The molecule has 0 bridgehead atoms. The molecule has 0 fully saturated rings. The fourth-order valence-corrected chi connectivity index (χ4v) is 1.41. The van der Waals surface area contributed by atoms with Gasteiger partial charge in [0, 0.05) is 6.04 Å². The van der Waals surface area contributed by atoms with Crippen molar-refractivity contribution in [1.82, 2.24) is 5.32 Å². The minimum atomic E-state index is 0.197. The van der Waals surface area contributed by atoms with E-state index in [9.17, 15) is 0 Å². The first-order valence-electron chi connectivity index (χ1n) is 5.57. The van der Waals surface area contributed by atoms with Gasteiger partial charge in [-0.2, -0.15) is 0 Å². The van der Waals surface area contributed by atoms with Gasteiger partial charge in [-0.15, -0.1) is 0 Å². The molecule has 86 valence electrons. The van der Waals surface area contributed by atoms with Crippen LogP contribution in [0.15, 0.2) is 0 Å². The Morgan fingerprint density at radius 1 is 1.14 bits per heavy atom. The van der Waals surface area contributed by atoms with Gasteiger partial charge in [-0.1, -0.05) is 27.7 Å². The van der Waals surface area contributed by atoms with Crippen LogP contribution in [0.25, 0.3) is 0 Å². The maximum Gasteiger partial charge on any atom is 0.0587 e. The zero-order valence-corrected chi connectivity index (χ0v) is 9.96. The van der Waals surface area contributed by atoms with Crippen LogP contribution in [-0.2, 0) is 0 Å². The third kappa shape index (κ3) is 4.94. The number of nitrogens with two attached hydrogens (primary N) is 1. The van der Waals surface area contributed by atoms with Gasteiger partial charge in [0.15, 0.2) is 0 Å². The number of aliphatic hydroxyl groups excluding tert-OH is 1. The minimum absolute atomic E-state index is 0.197. The number of hydrogen-bond acceptors (Lipinski definition) is 3. The number of rotatable bonds is 7. The van der Waals surface area contributed by atoms with Crippen LogP contribution in [0.5, 0.6) is 0 Å². The summed E-state index contributed by atoms with van der Waals surface area (Å²) in [7, 11) is 0. The standard InChI is InChI=1S/C11H26N2O/c1-8(2)10(5-12)6-13-11(7-14)9(3)4/h8-11,13-14H,5-7,12H2,1-4H3. The quantitative estimate of drug-likeness (QED) is 0.573. The maximum absolute atomic E-state index is 9.13. The first kappa shape index (κ1) is 13.9. The number of hydrogen-bond donors (Lipinski definition) is 3. The lowest BCUT2D eigenvalue weighted by atomic mass is 9.95. The van der Waals surface area contributed by atoms with Crippen molar-refractivity contribution in [2.45, 2.75) is 33.7 Å². The molecule has 0 aliphatic rings. The van der Waals surface area contributed by atoms with Crippen molar-refractivity contribution in [3.05, 3.63) is 0 Å². The second kappa shape index (κ2) is 7.21. The summed E-state index contributed by atoms with van der Waals surface area (Å²) in [5, 5.41) is 12.5. The lowest BCUT2D eigenvalue weighted by Gasteiger charge is -2.25. The smallest absolute Gasteiger partial charge is 0.0587 e. The van der Waals surface area contributed by atoms with Gasteiger partial charge in [0.05, 0.1) is 6.61 Å². The Morgan fingerprint density at radius 3 is 2.00 bits per heavy atom. The highest BCUT2D eigenvalue weighted by Gasteiger charge is 2.15. The molecule has 14 heavy (non-hydrogen) atoms. The lowest BCUT2D eigenvalue weighted by Crippen LogP contribution is -2.42. The predicted octanol–water partition coefficient (Wildman–Crippen LogP) is 0.824. The maximum atomic E-state index is 9.13. The Bertz CT molecular complexity index is 121. The fourth-order valence-electron chi connectivity index (χ4n) is 1.41. The molecule has 4 N–H and O–H groups in total. The normalized spacial score (nSPS) is 16.3. The van der Waals surface area contributed by atoms with Crippen LogP contribution >= 0.6 is 0 Å². The Kier molecular flexibility index (Phi) is 7.15. The molecule has 0 spiro atoms. The summed E-state index contributed by atoms with van der Waals surface area (Å²) in [5.74, 6) is 1.56. The van der Waals surface area contributed by atoms with E-state index in [0.717, 1.165) is 6.54 Å². The van der Waals surface area contributed by atoms with Gasteiger partial charge in [-0.25, -0.2) is 0 Å². The Morgan fingerprint density at radius 2 is 1.71 bits per heavy atom. The molecule has 0 aliphatic carbocycles. The molecule has 0 radical (unpaired) electrons. The second-order valence-electron chi connectivity index (χ2n) is 4.68. The molecule has 2 atom stereocenters. The summed E-state index contributed by atoms with van der Waals surface area (Å²) in [6, 6.07) is 0.197. The molecule has 0 saturated heterocycles.